The molecule has 1 amide bonds. The first-order valence-corrected chi connectivity index (χ1v) is 7.34. The fourth-order valence-corrected chi connectivity index (χ4v) is 1.67. The van der Waals surface area contributed by atoms with Crippen LogP contribution >= 0.6 is 0 Å². The highest BCUT2D eigenvalue weighted by molar-refractivity contribution is 5.86. The zero-order chi connectivity index (χ0) is 18.0. The summed E-state index contributed by atoms with van der Waals surface area (Å²) in [6.45, 7) is 13.7. The van der Waals surface area contributed by atoms with Crippen molar-refractivity contribution in [3.63, 3.8) is 0 Å². The molecule has 23 heavy (non-hydrogen) atoms. The maximum absolute atomic E-state index is 10.9. The number of nitrogens with zero attached hydrogens (tertiary/aromatic N) is 2. The largest absolute Gasteiger partial charge is 0.385 e. The maximum atomic E-state index is 10.9. The van der Waals surface area contributed by atoms with Crippen LogP contribution in [0.25, 0.3) is 0 Å². The van der Waals surface area contributed by atoms with E-state index in [4.69, 9.17) is 0 Å². The predicted octanol–water partition coefficient (Wildman–Crippen LogP) is 3.44. The van der Waals surface area contributed by atoms with Gasteiger partial charge in [-0.05, 0) is 44.5 Å². The Morgan fingerprint density at radius 2 is 1.74 bits per heavy atom. The van der Waals surface area contributed by atoms with Crippen LogP contribution in [0.4, 0.5) is 17.1 Å². The van der Waals surface area contributed by atoms with Gasteiger partial charge in [0.15, 0.2) is 0 Å². The SMILES string of the molecule is C=C(C)C=O.C=C(C)N(C)c1cc(NCC)ccc1N(C)C=O. The van der Waals surface area contributed by atoms with Crippen molar-refractivity contribution in [2.75, 3.05) is 35.8 Å². The van der Waals surface area contributed by atoms with Crippen LogP contribution < -0.4 is 15.1 Å². The number of amides is 1. The van der Waals surface area contributed by atoms with Crippen molar-refractivity contribution in [1.82, 2.24) is 0 Å². The van der Waals surface area contributed by atoms with Crippen LogP contribution in [0.5, 0.6) is 0 Å². The molecule has 0 aromatic heterocycles. The summed E-state index contributed by atoms with van der Waals surface area (Å²) in [4.78, 5) is 23.9. The summed E-state index contributed by atoms with van der Waals surface area (Å²) in [6.07, 6.45) is 1.53. The molecule has 1 rings (SSSR count). The number of rotatable bonds is 7. The van der Waals surface area contributed by atoms with Crippen molar-refractivity contribution in [3.8, 4) is 0 Å². The highest BCUT2D eigenvalue weighted by Crippen LogP contribution is 2.32. The first kappa shape index (κ1) is 20.4. The second-order valence-corrected chi connectivity index (χ2v) is 5.21. The summed E-state index contributed by atoms with van der Waals surface area (Å²) in [5.74, 6) is 0. The second kappa shape index (κ2) is 10.2. The molecule has 1 N–H and O–H groups in total. The average Bonchev–Trinajstić information content (AvgIpc) is 2.54. The zero-order valence-corrected chi connectivity index (χ0v) is 14.7. The van der Waals surface area contributed by atoms with E-state index in [9.17, 15) is 9.59 Å². The van der Waals surface area contributed by atoms with E-state index in [1.165, 1.54) is 0 Å². The standard InChI is InChI=1S/C14H21N3O.C4H6O/c1-6-15-12-7-8-13(16(4)10-18)14(9-12)17(5)11(2)3;1-4(2)3-5/h7-10,15H,2,6H2,1,3-5H3;3H,1H2,2H3. The Kier molecular flexibility index (Phi) is 9.08. The van der Waals surface area contributed by atoms with Crippen molar-refractivity contribution in [2.45, 2.75) is 20.8 Å². The Hall–Kier alpha value is -2.56. The number of carbonyl (C=O) groups excluding carboxylic acids is 2. The first-order valence-electron chi connectivity index (χ1n) is 7.34. The lowest BCUT2D eigenvalue weighted by Gasteiger charge is -2.26. The molecule has 0 aliphatic carbocycles. The minimum atomic E-state index is 0.574. The van der Waals surface area contributed by atoms with Crippen LogP contribution in [0.15, 0.2) is 42.6 Å². The van der Waals surface area contributed by atoms with E-state index in [0.717, 1.165) is 42.0 Å². The van der Waals surface area contributed by atoms with E-state index in [0.29, 0.717) is 5.57 Å². The van der Waals surface area contributed by atoms with Crippen molar-refractivity contribution >= 4 is 29.8 Å². The number of allylic oxidation sites excluding steroid dienone is 2. The number of carbonyl (C=O) groups is 2. The lowest BCUT2D eigenvalue weighted by Crippen LogP contribution is -2.21. The van der Waals surface area contributed by atoms with Crippen LogP contribution in [-0.4, -0.2) is 33.3 Å². The van der Waals surface area contributed by atoms with Crippen molar-refractivity contribution < 1.29 is 9.59 Å². The van der Waals surface area contributed by atoms with Crippen LogP contribution in [0, 0.1) is 0 Å². The molecule has 1 aromatic carbocycles. The summed E-state index contributed by atoms with van der Waals surface area (Å²) in [5, 5.41) is 3.26. The summed E-state index contributed by atoms with van der Waals surface area (Å²) < 4.78 is 0. The summed E-state index contributed by atoms with van der Waals surface area (Å²) >= 11 is 0. The molecule has 0 saturated heterocycles. The van der Waals surface area contributed by atoms with Crippen LogP contribution in [0.2, 0.25) is 0 Å². The molecular formula is C18H27N3O2. The van der Waals surface area contributed by atoms with Crippen molar-refractivity contribution in [2.24, 2.45) is 0 Å². The zero-order valence-electron chi connectivity index (χ0n) is 14.7. The molecular weight excluding hydrogens is 290 g/mol. The van der Waals surface area contributed by atoms with E-state index < -0.39 is 0 Å². The molecule has 0 fully saturated rings. The average molecular weight is 317 g/mol. The fraction of sp³-hybridized carbons (Fsp3) is 0.333. The third-order valence-electron chi connectivity index (χ3n) is 3.03. The van der Waals surface area contributed by atoms with Gasteiger partial charge in [-0.1, -0.05) is 13.2 Å². The Morgan fingerprint density at radius 3 is 2.13 bits per heavy atom. The Labute approximate surface area is 139 Å². The van der Waals surface area contributed by atoms with Gasteiger partial charge >= 0.3 is 0 Å². The normalized spacial score (nSPS) is 9.09. The molecule has 0 saturated carbocycles. The number of anilines is 3. The van der Waals surface area contributed by atoms with E-state index in [1.54, 1.807) is 18.9 Å². The van der Waals surface area contributed by atoms with Crippen molar-refractivity contribution in [1.29, 1.82) is 0 Å². The minimum absolute atomic E-state index is 0.574. The monoisotopic (exact) mass is 317 g/mol. The lowest BCUT2D eigenvalue weighted by molar-refractivity contribution is -0.107. The van der Waals surface area contributed by atoms with Gasteiger partial charge in [0.2, 0.25) is 6.41 Å². The maximum Gasteiger partial charge on any atom is 0.213 e. The van der Waals surface area contributed by atoms with Crippen LogP contribution in [0.3, 0.4) is 0 Å². The third kappa shape index (κ3) is 6.82. The quantitative estimate of drug-likeness (QED) is 0.618. The minimum Gasteiger partial charge on any atom is -0.385 e. The summed E-state index contributed by atoms with van der Waals surface area (Å²) in [7, 11) is 3.68. The van der Waals surface area contributed by atoms with E-state index in [1.807, 2.05) is 44.0 Å². The highest BCUT2D eigenvalue weighted by Gasteiger charge is 2.12. The highest BCUT2D eigenvalue weighted by atomic mass is 16.1. The predicted molar refractivity (Wildman–Crippen MR) is 99.2 cm³/mol. The van der Waals surface area contributed by atoms with Gasteiger partial charge in [0.1, 0.15) is 6.29 Å². The van der Waals surface area contributed by atoms with E-state index in [-0.39, 0.29) is 0 Å². The first-order chi connectivity index (χ1) is 10.8. The number of benzene rings is 1. The Balaban J connectivity index is 0.000000841. The van der Waals surface area contributed by atoms with Gasteiger partial charge in [0.05, 0.1) is 11.4 Å². The third-order valence-corrected chi connectivity index (χ3v) is 3.03. The van der Waals surface area contributed by atoms with Crippen LogP contribution in [0.1, 0.15) is 20.8 Å². The number of nitrogens with one attached hydrogen (secondary N) is 1. The Bertz CT molecular complexity index is 567. The molecule has 126 valence electrons. The van der Waals surface area contributed by atoms with Gasteiger partial charge in [-0.15, -0.1) is 0 Å². The number of hydrogen-bond acceptors (Lipinski definition) is 4. The topological polar surface area (TPSA) is 52.7 Å². The summed E-state index contributed by atoms with van der Waals surface area (Å²) in [6, 6.07) is 5.92. The van der Waals surface area contributed by atoms with Gasteiger partial charge in [-0.3, -0.25) is 9.59 Å². The smallest absolute Gasteiger partial charge is 0.213 e. The molecule has 0 radical (unpaired) electrons. The van der Waals surface area contributed by atoms with Crippen LogP contribution in [-0.2, 0) is 9.59 Å². The number of hydrogen-bond donors (Lipinski definition) is 1. The van der Waals surface area contributed by atoms with Gasteiger partial charge in [0.25, 0.3) is 0 Å². The fourth-order valence-electron chi connectivity index (χ4n) is 1.67. The van der Waals surface area contributed by atoms with Gasteiger partial charge in [-0.2, -0.15) is 0 Å². The van der Waals surface area contributed by atoms with E-state index >= 15 is 0 Å². The van der Waals surface area contributed by atoms with Crippen molar-refractivity contribution in [3.05, 3.63) is 42.6 Å². The second-order valence-electron chi connectivity index (χ2n) is 5.21. The van der Waals surface area contributed by atoms with E-state index in [2.05, 4.69) is 18.5 Å². The van der Waals surface area contributed by atoms with Gasteiger partial charge in [-0.25, -0.2) is 0 Å². The Morgan fingerprint density at radius 1 is 1.17 bits per heavy atom. The van der Waals surface area contributed by atoms with Gasteiger partial charge in [0, 0.05) is 32.0 Å². The van der Waals surface area contributed by atoms with Gasteiger partial charge < -0.3 is 15.1 Å². The molecule has 0 aliphatic heterocycles. The molecule has 0 bridgehead atoms. The molecule has 0 spiro atoms. The lowest BCUT2D eigenvalue weighted by atomic mass is 10.2. The summed E-state index contributed by atoms with van der Waals surface area (Å²) in [5.41, 5.74) is 4.34. The molecule has 0 aliphatic rings. The molecule has 0 unspecified atom stereocenters. The molecule has 5 nitrogen and oxygen atoms in total. The molecule has 5 heteroatoms. The molecule has 0 heterocycles. The number of aldehydes is 1. The molecule has 1 aromatic rings. The molecule has 0 atom stereocenters.